The molecule has 32 nitrogen and oxygen atoms in total. The van der Waals surface area contributed by atoms with E-state index in [-0.39, 0.29) is 34.3 Å². The molecule has 6 heterocycles. The van der Waals surface area contributed by atoms with Crippen LogP contribution in [0.3, 0.4) is 0 Å². The Kier molecular flexibility index (Phi) is 24.3. The molecule has 0 bridgehead atoms. The van der Waals surface area contributed by atoms with E-state index >= 15 is 0 Å². The first-order valence-corrected chi connectivity index (χ1v) is 26.0. The summed E-state index contributed by atoms with van der Waals surface area (Å²) < 4.78 is 81.9. The van der Waals surface area contributed by atoms with E-state index in [1.165, 1.54) is 26.0 Å². The minimum atomic E-state index is -2.03. The number of aliphatic hydroxyl groups excluding tert-OH is 11. The van der Waals surface area contributed by atoms with Gasteiger partial charge >= 0.3 is 35.8 Å². The SMILES string of the molecule is C/C=C1/[C@H](O[C@@H]2O[C@H](CO)[C@@H](O)[C@H](O)[C@H]2O)OC=C(C(=O)OC)[C@H]1CC(=O)OC/C=C1/[C@H](O[C@@H]2O[C@H](CO)[C@@H](O)[C@H](O)[C@H]2O)OC=C(C(=O)OC)[C@H]1CC(=O)OC[C@H]1O[C@@H](O[C@@H]2OC=C(C(=O)OC)[C@@H](CC(=O)OC)/C2=C\C)[C@H](O)[C@@H](O)[C@@H]1O. The zero-order chi connectivity index (χ0) is 61.9. The number of aliphatic hydroxyl groups is 11. The molecule has 84 heavy (non-hydrogen) atoms. The summed E-state index contributed by atoms with van der Waals surface area (Å²) in [5.74, 6) is -9.71. The van der Waals surface area contributed by atoms with Crippen LogP contribution in [0.15, 0.2) is 70.5 Å². The summed E-state index contributed by atoms with van der Waals surface area (Å²) in [5.41, 5.74) is -0.763. The van der Waals surface area contributed by atoms with Crippen LogP contribution in [0, 0.1) is 17.8 Å². The summed E-state index contributed by atoms with van der Waals surface area (Å²) in [7, 11) is 4.26. The van der Waals surface area contributed by atoms with E-state index in [1.54, 1.807) is 0 Å². The molecule has 21 atom stereocenters. The zero-order valence-corrected chi connectivity index (χ0v) is 46.0. The van der Waals surface area contributed by atoms with Crippen LogP contribution in [0.25, 0.3) is 0 Å². The maximum absolute atomic E-state index is 14.0. The summed E-state index contributed by atoms with van der Waals surface area (Å²) in [6.07, 6.45) is -27.5. The van der Waals surface area contributed by atoms with Gasteiger partial charge in [0.25, 0.3) is 0 Å². The van der Waals surface area contributed by atoms with Gasteiger partial charge < -0.3 is 127 Å². The monoisotopic (exact) mass is 1210 g/mol. The van der Waals surface area contributed by atoms with Crippen LogP contribution >= 0.6 is 0 Å². The van der Waals surface area contributed by atoms with Gasteiger partial charge in [-0.2, -0.15) is 0 Å². The Labute approximate surface area is 478 Å². The summed E-state index contributed by atoms with van der Waals surface area (Å²) in [5, 5.41) is 116. The summed E-state index contributed by atoms with van der Waals surface area (Å²) >= 11 is 0. The van der Waals surface area contributed by atoms with Gasteiger partial charge in [-0.25, -0.2) is 14.4 Å². The Balaban J connectivity index is 1.24. The fourth-order valence-corrected chi connectivity index (χ4v) is 9.77. The second-order valence-electron chi connectivity index (χ2n) is 19.4. The number of ether oxygens (including phenoxy) is 15. The molecule has 3 saturated heterocycles. The number of allylic oxidation sites excluding steroid dienone is 2. The maximum atomic E-state index is 14.0. The second kappa shape index (κ2) is 30.4. The quantitative estimate of drug-likeness (QED) is 0.0291. The molecule has 6 aliphatic heterocycles. The summed E-state index contributed by atoms with van der Waals surface area (Å²) in [6.45, 7) is -0.328. The average molecular weight is 1210 g/mol. The summed E-state index contributed by atoms with van der Waals surface area (Å²) in [4.78, 5) is 79.3. The third-order valence-corrected chi connectivity index (χ3v) is 14.5. The summed E-state index contributed by atoms with van der Waals surface area (Å²) in [6, 6.07) is 0. The molecule has 32 heteroatoms. The van der Waals surface area contributed by atoms with Crippen LogP contribution in [-0.2, 0) is 99.8 Å². The maximum Gasteiger partial charge on any atom is 0.337 e. The molecule has 3 fully saturated rings. The van der Waals surface area contributed by atoms with Crippen molar-refractivity contribution in [3.63, 3.8) is 0 Å². The van der Waals surface area contributed by atoms with Gasteiger partial charge in [0.1, 0.15) is 86.5 Å². The lowest BCUT2D eigenvalue weighted by Gasteiger charge is -2.42. The van der Waals surface area contributed by atoms with Gasteiger partial charge in [0.2, 0.25) is 18.9 Å². The van der Waals surface area contributed by atoms with Crippen LogP contribution in [-0.4, -0.2) is 258 Å². The molecule has 0 aromatic rings. The van der Waals surface area contributed by atoms with Gasteiger partial charge in [-0.05, 0) is 19.9 Å². The average Bonchev–Trinajstić information content (AvgIpc) is 3.68. The Morgan fingerprint density at radius 2 is 0.774 bits per heavy atom. The topological polar surface area (TPSA) is 463 Å². The van der Waals surface area contributed by atoms with Crippen molar-refractivity contribution in [2.45, 2.75) is 144 Å². The predicted octanol–water partition coefficient (Wildman–Crippen LogP) is -5.22. The standard InChI is InChI=1S/C52H70O32/c1-7-20-23(11-32(55)70-3)26(44(67)71-4)16-76-47(20)83-52-43(66)40(63)37(60)31(81-52)19-75-34(57)13-25-22(49(78-18-28(25)46(69)73-6)84-51-42(65)39(62)36(59)30(15-54)80-51)9-10-74-33(56)12-24-21(8-2)48(77-17-27(24)45(68)72-5)82-50-41(64)38(61)35(58)29(14-53)79-50/h7-9,16-18,23-25,29-31,35-43,47-54,58-66H,10-15,19H2,1-6H3/b20-7+,21-8+,22-9+/t23-,24-,25-,29+,30+,31+,35+,36+,37+,38-,39-,40-,41+,42+,43+,47-,48-,49-,50-,51-,52-/m0/s1. The van der Waals surface area contributed by atoms with Crippen LogP contribution in [0.2, 0.25) is 0 Å². The van der Waals surface area contributed by atoms with Crippen LogP contribution in [0.1, 0.15) is 33.1 Å². The Bertz CT molecular complexity index is 2520. The first-order valence-electron chi connectivity index (χ1n) is 26.0. The van der Waals surface area contributed by atoms with Gasteiger partial charge in [0, 0.05) is 34.5 Å². The predicted molar refractivity (Wildman–Crippen MR) is 266 cm³/mol. The van der Waals surface area contributed by atoms with Crippen molar-refractivity contribution in [1.29, 1.82) is 0 Å². The van der Waals surface area contributed by atoms with Gasteiger partial charge in [0.15, 0.2) is 18.9 Å². The molecule has 470 valence electrons. The van der Waals surface area contributed by atoms with Gasteiger partial charge in [-0.1, -0.05) is 12.2 Å². The number of esters is 6. The van der Waals surface area contributed by atoms with Crippen molar-refractivity contribution in [2.75, 3.05) is 54.9 Å². The first kappa shape index (κ1) is 67.1. The molecule has 0 saturated carbocycles. The highest BCUT2D eigenvalue weighted by Crippen LogP contribution is 2.40. The number of carbonyl (C=O) groups excluding carboxylic acids is 6. The van der Waals surface area contributed by atoms with Gasteiger partial charge in [0.05, 0.1) is 96.4 Å². The van der Waals surface area contributed by atoms with E-state index in [0.29, 0.717) is 0 Å². The lowest BCUT2D eigenvalue weighted by atomic mass is 9.86. The van der Waals surface area contributed by atoms with Crippen molar-refractivity contribution >= 4 is 35.8 Å². The van der Waals surface area contributed by atoms with E-state index < -0.39 is 209 Å². The molecule has 0 aliphatic carbocycles. The Morgan fingerprint density at radius 3 is 1.13 bits per heavy atom. The fraction of sp³-hybridized carbons (Fsp3) is 0.654. The van der Waals surface area contributed by atoms with E-state index in [2.05, 4.69) is 0 Å². The smallest absolute Gasteiger partial charge is 0.337 e. The largest absolute Gasteiger partial charge is 0.469 e. The minimum absolute atomic E-state index is 0.0600. The van der Waals surface area contributed by atoms with Crippen molar-refractivity contribution in [3.8, 4) is 0 Å². The van der Waals surface area contributed by atoms with Crippen molar-refractivity contribution in [1.82, 2.24) is 0 Å². The molecule has 0 radical (unpaired) electrons. The molecule has 6 rings (SSSR count). The van der Waals surface area contributed by atoms with E-state index in [0.717, 1.165) is 53.3 Å². The van der Waals surface area contributed by atoms with E-state index in [4.69, 9.17) is 71.1 Å². The molecule has 0 amide bonds. The second-order valence-corrected chi connectivity index (χ2v) is 19.4. The van der Waals surface area contributed by atoms with E-state index in [1.807, 2.05) is 0 Å². The minimum Gasteiger partial charge on any atom is -0.469 e. The fourth-order valence-electron chi connectivity index (χ4n) is 9.77. The molecule has 6 aliphatic rings. The normalized spacial score (nSPS) is 37.5. The molecule has 0 spiro atoms. The lowest BCUT2D eigenvalue weighted by molar-refractivity contribution is -0.328. The lowest BCUT2D eigenvalue weighted by Crippen LogP contribution is -2.60. The Morgan fingerprint density at radius 1 is 0.440 bits per heavy atom. The van der Waals surface area contributed by atoms with Crippen molar-refractivity contribution < 1.29 is 156 Å². The highest BCUT2D eigenvalue weighted by molar-refractivity contribution is 5.92. The highest BCUT2D eigenvalue weighted by Gasteiger charge is 2.51. The van der Waals surface area contributed by atoms with Crippen LogP contribution in [0.5, 0.6) is 0 Å². The molecule has 11 N–H and O–H groups in total. The first-order chi connectivity index (χ1) is 40.0. The number of hydrogen-bond donors (Lipinski definition) is 11. The highest BCUT2D eigenvalue weighted by atomic mass is 16.8. The third-order valence-electron chi connectivity index (χ3n) is 14.5. The number of rotatable bonds is 21. The molecule has 0 aromatic heterocycles. The molecule has 0 aromatic carbocycles. The number of methoxy groups -OCH3 is 4. The molecule has 0 unspecified atom stereocenters. The van der Waals surface area contributed by atoms with Gasteiger partial charge in [-0.15, -0.1) is 0 Å². The molecular weight excluding hydrogens is 1140 g/mol. The van der Waals surface area contributed by atoms with Crippen molar-refractivity contribution in [2.24, 2.45) is 17.8 Å². The molecular formula is C52H70O32. The number of hydrogen-bond acceptors (Lipinski definition) is 32. The zero-order valence-electron chi connectivity index (χ0n) is 46.0. The van der Waals surface area contributed by atoms with Crippen LogP contribution < -0.4 is 0 Å². The van der Waals surface area contributed by atoms with Crippen LogP contribution in [0.4, 0.5) is 0 Å². The number of carbonyl (C=O) groups is 6. The van der Waals surface area contributed by atoms with E-state index in [9.17, 15) is 84.9 Å². The van der Waals surface area contributed by atoms with Crippen molar-refractivity contribution in [3.05, 3.63) is 70.5 Å². The Hall–Kier alpha value is -6.02. The third kappa shape index (κ3) is 15.1. The van der Waals surface area contributed by atoms with Gasteiger partial charge in [-0.3, -0.25) is 14.4 Å².